The van der Waals surface area contributed by atoms with E-state index in [1.807, 2.05) is 47.0 Å². The summed E-state index contributed by atoms with van der Waals surface area (Å²) in [4.78, 5) is 0.804. The van der Waals surface area contributed by atoms with Gasteiger partial charge in [-0.15, -0.1) is 10.2 Å². The van der Waals surface area contributed by atoms with E-state index in [-0.39, 0.29) is 12.1 Å². The van der Waals surface area contributed by atoms with Crippen LogP contribution in [0.15, 0.2) is 54.6 Å². The molecule has 1 saturated heterocycles. The number of hydrazine groups is 1. The molecule has 1 fully saturated rings. The molecule has 0 amide bonds. The first-order valence-corrected chi connectivity index (χ1v) is 9.56. The minimum absolute atomic E-state index is 0.132. The molecule has 7 nitrogen and oxygen atoms in total. The van der Waals surface area contributed by atoms with E-state index >= 15 is 0 Å². The number of nitrogens with one attached hydrogen (secondary N) is 2. The van der Waals surface area contributed by atoms with Crippen LogP contribution in [0.4, 0.5) is 0 Å². The van der Waals surface area contributed by atoms with Gasteiger partial charge in [-0.1, -0.05) is 53.8 Å². The zero-order chi connectivity index (χ0) is 18.2. The molecule has 8 heteroatoms. The number of fused-ring (bicyclic) bond motifs is 1. The Kier molecular flexibility index (Phi) is 4.08. The van der Waals surface area contributed by atoms with Crippen molar-refractivity contribution in [1.82, 2.24) is 30.7 Å². The summed E-state index contributed by atoms with van der Waals surface area (Å²) in [5.41, 5.74) is 8.97. The number of hydrogen-bond donors (Lipinski definition) is 2. The Labute approximate surface area is 160 Å². The summed E-state index contributed by atoms with van der Waals surface area (Å²) < 4.78 is 7.07. The second-order valence-electron chi connectivity index (χ2n) is 6.43. The van der Waals surface area contributed by atoms with Gasteiger partial charge in [0.15, 0.2) is 5.82 Å². The predicted molar refractivity (Wildman–Crippen MR) is 103 cm³/mol. The number of hydrogen-bond acceptors (Lipinski definition) is 7. The van der Waals surface area contributed by atoms with Crippen molar-refractivity contribution >= 4 is 16.3 Å². The molecule has 0 radical (unpaired) electrons. The summed E-state index contributed by atoms with van der Waals surface area (Å²) in [6.45, 7) is 0. The van der Waals surface area contributed by atoms with Crippen LogP contribution in [0.25, 0.3) is 16.3 Å². The SMILES string of the molecule is COc1ccc(C2CC(c3nn4c(-c5ccccc5)nnc4s3)NN2)cc1. The zero-order valence-electron chi connectivity index (χ0n) is 14.7. The Bertz CT molecular complexity index is 1060. The second-order valence-corrected chi connectivity index (χ2v) is 7.41. The summed E-state index contributed by atoms with van der Waals surface area (Å²) in [7, 11) is 1.68. The Morgan fingerprint density at radius 3 is 2.56 bits per heavy atom. The molecule has 2 unspecified atom stereocenters. The number of nitrogens with zero attached hydrogens (tertiary/aromatic N) is 4. The highest BCUT2D eigenvalue weighted by molar-refractivity contribution is 7.16. The maximum Gasteiger partial charge on any atom is 0.235 e. The lowest BCUT2D eigenvalue weighted by molar-refractivity contribution is 0.414. The highest BCUT2D eigenvalue weighted by Crippen LogP contribution is 2.34. The maximum atomic E-state index is 5.23. The average Bonchev–Trinajstić information content (AvgIpc) is 3.44. The fourth-order valence-electron chi connectivity index (χ4n) is 3.31. The monoisotopic (exact) mass is 378 g/mol. The van der Waals surface area contributed by atoms with E-state index < -0.39 is 0 Å². The van der Waals surface area contributed by atoms with Crippen molar-refractivity contribution in [3.05, 3.63) is 65.2 Å². The standard InChI is InChI=1S/C19H18N6OS/c1-26-14-9-7-12(8-10-14)15-11-16(21-20-15)18-24-25-17(22-23-19(25)27-18)13-5-3-2-4-6-13/h2-10,15-16,20-21H,11H2,1H3. The topological polar surface area (TPSA) is 76.4 Å². The molecule has 136 valence electrons. The van der Waals surface area contributed by atoms with Crippen molar-refractivity contribution in [2.24, 2.45) is 0 Å². The molecule has 0 aliphatic carbocycles. The molecule has 5 rings (SSSR count). The first-order valence-electron chi connectivity index (χ1n) is 8.74. The van der Waals surface area contributed by atoms with Gasteiger partial charge in [0.1, 0.15) is 10.8 Å². The van der Waals surface area contributed by atoms with Crippen LogP contribution in [0.1, 0.15) is 29.1 Å². The van der Waals surface area contributed by atoms with Gasteiger partial charge in [0.05, 0.1) is 13.2 Å². The molecular weight excluding hydrogens is 360 g/mol. The van der Waals surface area contributed by atoms with E-state index in [9.17, 15) is 0 Å². The first kappa shape index (κ1) is 16.4. The van der Waals surface area contributed by atoms with Crippen molar-refractivity contribution in [2.75, 3.05) is 7.11 Å². The predicted octanol–water partition coefficient (Wildman–Crippen LogP) is 3.14. The third kappa shape index (κ3) is 2.97. The van der Waals surface area contributed by atoms with Crippen LogP contribution in [0.5, 0.6) is 5.75 Å². The second kappa shape index (κ2) is 6.73. The minimum atomic E-state index is 0.132. The van der Waals surface area contributed by atoms with E-state index in [0.717, 1.165) is 33.5 Å². The number of rotatable bonds is 4. The molecule has 1 aliphatic rings. The Balaban J connectivity index is 1.39. The van der Waals surface area contributed by atoms with Gasteiger partial charge in [0.2, 0.25) is 4.96 Å². The van der Waals surface area contributed by atoms with Gasteiger partial charge < -0.3 is 4.74 Å². The number of methoxy groups -OCH3 is 1. The average molecular weight is 378 g/mol. The van der Waals surface area contributed by atoms with Gasteiger partial charge >= 0.3 is 0 Å². The van der Waals surface area contributed by atoms with Gasteiger partial charge in [-0.2, -0.15) is 9.61 Å². The number of ether oxygens (including phenoxy) is 1. The summed E-state index contributed by atoms with van der Waals surface area (Å²) in [5.74, 6) is 1.63. The van der Waals surface area contributed by atoms with Gasteiger partial charge in [0, 0.05) is 11.6 Å². The van der Waals surface area contributed by atoms with Crippen molar-refractivity contribution in [2.45, 2.75) is 18.5 Å². The maximum absolute atomic E-state index is 5.23. The highest BCUT2D eigenvalue weighted by Gasteiger charge is 2.29. The minimum Gasteiger partial charge on any atom is -0.497 e. The molecule has 3 heterocycles. The van der Waals surface area contributed by atoms with E-state index in [1.54, 1.807) is 18.4 Å². The molecular formula is C19H18N6OS. The number of benzene rings is 2. The summed E-state index contributed by atoms with van der Waals surface area (Å²) in [5, 5.41) is 14.4. The zero-order valence-corrected chi connectivity index (χ0v) is 15.5. The molecule has 0 spiro atoms. The van der Waals surface area contributed by atoms with Gasteiger partial charge in [-0.05, 0) is 24.1 Å². The van der Waals surface area contributed by atoms with Crippen molar-refractivity contribution in [3.8, 4) is 17.1 Å². The lowest BCUT2D eigenvalue weighted by Gasteiger charge is -2.10. The van der Waals surface area contributed by atoms with E-state index in [1.165, 1.54) is 5.56 Å². The summed E-state index contributed by atoms with van der Waals surface area (Å²) in [6.07, 6.45) is 0.914. The van der Waals surface area contributed by atoms with E-state index in [2.05, 4.69) is 33.2 Å². The molecule has 2 aromatic carbocycles. The van der Waals surface area contributed by atoms with Crippen LogP contribution in [0.2, 0.25) is 0 Å². The molecule has 2 aromatic heterocycles. The largest absolute Gasteiger partial charge is 0.497 e. The Morgan fingerprint density at radius 2 is 1.78 bits per heavy atom. The van der Waals surface area contributed by atoms with E-state index in [4.69, 9.17) is 9.84 Å². The third-order valence-electron chi connectivity index (χ3n) is 4.76. The van der Waals surface area contributed by atoms with Gasteiger partial charge in [0.25, 0.3) is 0 Å². The molecule has 2 atom stereocenters. The molecule has 0 saturated carbocycles. The van der Waals surface area contributed by atoms with Crippen LogP contribution < -0.4 is 15.6 Å². The smallest absolute Gasteiger partial charge is 0.235 e. The normalized spacial score (nSPS) is 19.6. The fourth-order valence-corrected chi connectivity index (χ4v) is 4.22. The third-order valence-corrected chi connectivity index (χ3v) is 5.77. The highest BCUT2D eigenvalue weighted by atomic mass is 32.1. The first-order chi connectivity index (χ1) is 13.3. The molecule has 2 N–H and O–H groups in total. The lowest BCUT2D eigenvalue weighted by Crippen LogP contribution is -2.26. The van der Waals surface area contributed by atoms with Crippen LogP contribution in [0, 0.1) is 0 Å². The van der Waals surface area contributed by atoms with Gasteiger partial charge in [-0.3, -0.25) is 0 Å². The van der Waals surface area contributed by atoms with Crippen LogP contribution in [-0.2, 0) is 0 Å². The summed E-state index contributed by atoms with van der Waals surface area (Å²) in [6, 6.07) is 18.5. The fraction of sp³-hybridized carbons (Fsp3) is 0.211. The van der Waals surface area contributed by atoms with Crippen LogP contribution in [-0.4, -0.2) is 26.9 Å². The van der Waals surface area contributed by atoms with Crippen LogP contribution in [0.3, 0.4) is 0 Å². The lowest BCUT2D eigenvalue weighted by atomic mass is 10.0. The summed E-state index contributed by atoms with van der Waals surface area (Å²) >= 11 is 1.57. The molecule has 4 aromatic rings. The van der Waals surface area contributed by atoms with E-state index in [0.29, 0.717) is 0 Å². The van der Waals surface area contributed by atoms with Crippen LogP contribution >= 0.6 is 11.3 Å². The number of aromatic nitrogens is 4. The molecule has 1 aliphatic heterocycles. The van der Waals surface area contributed by atoms with Crippen molar-refractivity contribution in [1.29, 1.82) is 0 Å². The Hall–Kier alpha value is -2.81. The quantitative estimate of drug-likeness (QED) is 0.568. The van der Waals surface area contributed by atoms with Gasteiger partial charge in [-0.25, -0.2) is 10.9 Å². The van der Waals surface area contributed by atoms with Crippen molar-refractivity contribution in [3.63, 3.8) is 0 Å². The molecule has 0 bridgehead atoms. The molecule has 27 heavy (non-hydrogen) atoms. The Morgan fingerprint density at radius 1 is 1.00 bits per heavy atom. The van der Waals surface area contributed by atoms with Crippen molar-refractivity contribution < 1.29 is 4.74 Å².